The first kappa shape index (κ1) is 13.6. The molecule has 0 radical (unpaired) electrons. The van der Waals surface area contributed by atoms with Crippen LogP contribution in [-0.2, 0) is 0 Å². The standard InChI is InChI=1S/C15H21NO/c1-5-6-7-8-14(16-3)13-10-9-12(2)11-15(13)17-4/h9-11,14,16H,7-8H2,1-4H3. The van der Waals surface area contributed by atoms with Crippen LogP contribution in [0.25, 0.3) is 0 Å². The summed E-state index contributed by atoms with van der Waals surface area (Å²) in [5, 5.41) is 3.32. The van der Waals surface area contributed by atoms with Crippen LogP contribution in [0.4, 0.5) is 0 Å². The van der Waals surface area contributed by atoms with Crippen molar-refractivity contribution in [1.29, 1.82) is 0 Å². The van der Waals surface area contributed by atoms with E-state index >= 15 is 0 Å². The molecule has 0 bridgehead atoms. The first-order chi connectivity index (χ1) is 8.22. The van der Waals surface area contributed by atoms with Gasteiger partial charge in [0.15, 0.2) is 0 Å². The molecule has 2 heteroatoms. The van der Waals surface area contributed by atoms with Crippen molar-refractivity contribution in [2.45, 2.75) is 32.7 Å². The van der Waals surface area contributed by atoms with E-state index in [1.54, 1.807) is 7.11 Å². The summed E-state index contributed by atoms with van der Waals surface area (Å²) in [7, 11) is 3.69. The van der Waals surface area contributed by atoms with Gasteiger partial charge in [-0.3, -0.25) is 0 Å². The van der Waals surface area contributed by atoms with Gasteiger partial charge in [0.05, 0.1) is 7.11 Å². The fourth-order valence-corrected chi connectivity index (χ4v) is 1.90. The second kappa shape index (κ2) is 6.98. The molecule has 0 saturated heterocycles. The minimum Gasteiger partial charge on any atom is -0.496 e. The molecule has 0 heterocycles. The van der Waals surface area contributed by atoms with Gasteiger partial charge in [-0.25, -0.2) is 0 Å². The van der Waals surface area contributed by atoms with E-state index in [9.17, 15) is 0 Å². The molecule has 0 fully saturated rings. The van der Waals surface area contributed by atoms with Crippen molar-refractivity contribution in [2.24, 2.45) is 0 Å². The monoisotopic (exact) mass is 231 g/mol. The van der Waals surface area contributed by atoms with E-state index in [1.165, 1.54) is 11.1 Å². The molecule has 0 spiro atoms. The SMILES string of the molecule is CC#CCCC(NC)c1ccc(C)cc1OC. The molecule has 0 amide bonds. The van der Waals surface area contributed by atoms with E-state index in [0.29, 0.717) is 6.04 Å². The molecule has 1 unspecified atom stereocenters. The van der Waals surface area contributed by atoms with E-state index in [-0.39, 0.29) is 0 Å². The molecule has 0 aromatic heterocycles. The van der Waals surface area contributed by atoms with Gasteiger partial charge in [0.25, 0.3) is 0 Å². The third-order valence-electron chi connectivity index (χ3n) is 2.85. The molecule has 17 heavy (non-hydrogen) atoms. The maximum atomic E-state index is 5.44. The minimum absolute atomic E-state index is 0.298. The van der Waals surface area contributed by atoms with Crippen molar-refractivity contribution in [1.82, 2.24) is 5.32 Å². The molecule has 2 nitrogen and oxygen atoms in total. The summed E-state index contributed by atoms with van der Waals surface area (Å²) in [6.45, 7) is 3.95. The molecule has 1 aromatic rings. The van der Waals surface area contributed by atoms with Crippen LogP contribution in [0.5, 0.6) is 5.75 Å². The van der Waals surface area contributed by atoms with Gasteiger partial charge in [0, 0.05) is 18.0 Å². The Morgan fingerprint density at radius 2 is 2.18 bits per heavy atom. The van der Waals surface area contributed by atoms with E-state index in [1.807, 2.05) is 14.0 Å². The van der Waals surface area contributed by atoms with Gasteiger partial charge in [-0.1, -0.05) is 12.1 Å². The fourth-order valence-electron chi connectivity index (χ4n) is 1.90. The second-order valence-electron chi connectivity index (χ2n) is 4.05. The van der Waals surface area contributed by atoms with Gasteiger partial charge >= 0.3 is 0 Å². The number of methoxy groups -OCH3 is 1. The lowest BCUT2D eigenvalue weighted by Gasteiger charge is -2.18. The topological polar surface area (TPSA) is 21.3 Å². The van der Waals surface area contributed by atoms with Gasteiger partial charge in [-0.05, 0) is 38.9 Å². The average Bonchev–Trinajstić information content (AvgIpc) is 2.35. The highest BCUT2D eigenvalue weighted by molar-refractivity contribution is 5.39. The lowest BCUT2D eigenvalue weighted by molar-refractivity contribution is 0.399. The third-order valence-corrected chi connectivity index (χ3v) is 2.85. The highest BCUT2D eigenvalue weighted by atomic mass is 16.5. The van der Waals surface area contributed by atoms with Gasteiger partial charge in [-0.15, -0.1) is 11.8 Å². The predicted molar refractivity (Wildman–Crippen MR) is 72.2 cm³/mol. The molecule has 92 valence electrons. The van der Waals surface area contributed by atoms with Gasteiger partial charge in [-0.2, -0.15) is 0 Å². The summed E-state index contributed by atoms with van der Waals surface area (Å²) in [5.41, 5.74) is 2.42. The quantitative estimate of drug-likeness (QED) is 0.786. The first-order valence-corrected chi connectivity index (χ1v) is 5.94. The number of nitrogens with one attached hydrogen (secondary N) is 1. The summed E-state index contributed by atoms with van der Waals surface area (Å²) in [6, 6.07) is 6.62. The van der Waals surface area contributed by atoms with Crippen LogP contribution in [0.15, 0.2) is 18.2 Å². The highest BCUT2D eigenvalue weighted by Crippen LogP contribution is 2.28. The average molecular weight is 231 g/mol. The van der Waals surface area contributed by atoms with E-state index < -0.39 is 0 Å². The van der Waals surface area contributed by atoms with Gasteiger partial charge in [0.2, 0.25) is 0 Å². The van der Waals surface area contributed by atoms with Crippen LogP contribution >= 0.6 is 0 Å². The van der Waals surface area contributed by atoms with Crippen molar-refractivity contribution in [3.8, 4) is 17.6 Å². The van der Waals surface area contributed by atoms with Crippen molar-refractivity contribution < 1.29 is 4.74 Å². The Kier molecular flexibility index (Phi) is 5.59. The molecule has 1 rings (SSSR count). The van der Waals surface area contributed by atoms with E-state index in [2.05, 4.69) is 42.3 Å². The molecule has 1 N–H and O–H groups in total. The van der Waals surface area contributed by atoms with Crippen LogP contribution in [0.2, 0.25) is 0 Å². The molecule has 1 aromatic carbocycles. The lowest BCUT2D eigenvalue weighted by Crippen LogP contribution is -2.17. The Morgan fingerprint density at radius 1 is 1.41 bits per heavy atom. The van der Waals surface area contributed by atoms with Crippen LogP contribution in [0, 0.1) is 18.8 Å². The molecule has 0 aliphatic carbocycles. The van der Waals surface area contributed by atoms with E-state index in [4.69, 9.17) is 4.74 Å². The summed E-state index contributed by atoms with van der Waals surface area (Å²) in [4.78, 5) is 0. The van der Waals surface area contributed by atoms with Crippen molar-refractivity contribution >= 4 is 0 Å². The minimum atomic E-state index is 0.298. The zero-order valence-electron chi connectivity index (χ0n) is 11.1. The van der Waals surface area contributed by atoms with Crippen LogP contribution in [-0.4, -0.2) is 14.2 Å². The van der Waals surface area contributed by atoms with Crippen molar-refractivity contribution in [2.75, 3.05) is 14.2 Å². The van der Waals surface area contributed by atoms with Crippen molar-refractivity contribution in [3.05, 3.63) is 29.3 Å². The lowest BCUT2D eigenvalue weighted by atomic mass is 10.00. The smallest absolute Gasteiger partial charge is 0.123 e. The Balaban J connectivity index is 2.89. The normalized spacial score (nSPS) is 11.5. The Morgan fingerprint density at radius 3 is 2.76 bits per heavy atom. The summed E-state index contributed by atoms with van der Waals surface area (Å²) >= 11 is 0. The maximum Gasteiger partial charge on any atom is 0.123 e. The number of hydrogen-bond donors (Lipinski definition) is 1. The van der Waals surface area contributed by atoms with Crippen LogP contribution in [0.3, 0.4) is 0 Å². The molecule has 0 aliphatic rings. The number of rotatable bonds is 5. The van der Waals surface area contributed by atoms with Gasteiger partial charge < -0.3 is 10.1 Å². The number of ether oxygens (including phenoxy) is 1. The fraction of sp³-hybridized carbons (Fsp3) is 0.467. The second-order valence-corrected chi connectivity index (χ2v) is 4.05. The largest absolute Gasteiger partial charge is 0.496 e. The third kappa shape index (κ3) is 3.80. The summed E-state index contributed by atoms with van der Waals surface area (Å²) < 4.78 is 5.44. The van der Waals surface area contributed by atoms with Crippen LogP contribution in [0.1, 0.15) is 36.9 Å². The number of hydrogen-bond acceptors (Lipinski definition) is 2. The predicted octanol–water partition coefficient (Wildman–Crippen LogP) is 3.07. The van der Waals surface area contributed by atoms with Crippen LogP contribution < -0.4 is 10.1 Å². The molecular formula is C15H21NO. The summed E-state index contributed by atoms with van der Waals surface area (Å²) in [6.07, 6.45) is 1.90. The Bertz CT molecular complexity index is 415. The molecule has 0 saturated carbocycles. The van der Waals surface area contributed by atoms with E-state index in [0.717, 1.165) is 18.6 Å². The molecular weight excluding hydrogens is 210 g/mol. The Labute approximate surface area is 104 Å². The Hall–Kier alpha value is -1.46. The number of benzene rings is 1. The molecule has 0 aliphatic heterocycles. The first-order valence-electron chi connectivity index (χ1n) is 5.94. The summed E-state index contributed by atoms with van der Waals surface area (Å²) in [5.74, 6) is 6.98. The number of aryl methyl sites for hydroxylation is 1. The zero-order valence-corrected chi connectivity index (χ0v) is 11.1. The van der Waals surface area contributed by atoms with Crippen molar-refractivity contribution in [3.63, 3.8) is 0 Å². The van der Waals surface area contributed by atoms with Gasteiger partial charge in [0.1, 0.15) is 5.75 Å². The highest BCUT2D eigenvalue weighted by Gasteiger charge is 2.13. The maximum absolute atomic E-state index is 5.44. The zero-order chi connectivity index (χ0) is 12.7. The molecule has 1 atom stereocenters.